The maximum Gasteiger partial charge on any atom is 0.339 e. The zero-order chi connectivity index (χ0) is 29.2. The first kappa shape index (κ1) is 29.8. The summed E-state index contributed by atoms with van der Waals surface area (Å²) < 4.78 is 13.5. The number of fused-ring (bicyclic) bond motifs is 1. The Morgan fingerprint density at radius 3 is 2.54 bits per heavy atom. The highest BCUT2D eigenvalue weighted by molar-refractivity contribution is 7.99. The standard InChI is InChI=1S/C31H33FN4O4S/c1-2-3-4-5-17-36-27-16-15-25(41-18-7-8-21-11-13-22(14-12-21)30(38)39)20-26(27)28(29(36)37)34-35-31(40)33-24-10-6-9-23(32)19-24/h6,9-16,19-20H,2-5,7-8,17-18H2,1H3,(H,38,39)(H2,33,35,40)/b34-28-. The fourth-order valence-corrected chi connectivity index (χ4v) is 5.41. The van der Waals surface area contributed by atoms with Crippen molar-refractivity contribution >= 4 is 46.8 Å². The highest BCUT2D eigenvalue weighted by atomic mass is 32.2. The molecule has 3 aromatic carbocycles. The summed E-state index contributed by atoms with van der Waals surface area (Å²) in [7, 11) is 0. The van der Waals surface area contributed by atoms with Crippen LogP contribution in [0.25, 0.3) is 0 Å². The van der Waals surface area contributed by atoms with Gasteiger partial charge in [-0.05, 0) is 79.1 Å². The van der Waals surface area contributed by atoms with Crippen LogP contribution in [0.3, 0.4) is 0 Å². The number of nitrogens with zero attached hydrogens (tertiary/aromatic N) is 2. The third-order valence-corrected chi connectivity index (χ3v) is 7.71. The predicted octanol–water partition coefficient (Wildman–Crippen LogP) is 6.70. The van der Waals surface area contributed by atoms with E-state index in [1.165, 1.54) is 18.2 Å². The Labute approximate surface area is 243 Å². The highest BCUT2D eigenvalue weighted by Gasteiger charge is 2.34. The van der Waals surface area contributed by atoms with Crippen molar-refractivity contribution in [2.75, 3.05) is 22.5 Å². The first-order valence-electron chi connectivity index (χ1n) is 13.7. The molecule has 3 N–H and O–H groups in total. The summed E-state index contributed by atoms with van der Waals surface area (Å²) >= 11 is 1.66. The topological polar surface area (TPSA) is 111 Å². The number of carbonyl (C=O) groups excluding carboxylic acids is 2. The molecule has 0 aliphatic carbocycles. The van der Waals surface area contributed by atoms with Crippen molar-refractivity contribution < 1.29 is 23.9 Å². The number of unbranched alkanes of at least 4 members (excludes halogenated alkanes) is 3. The quantitative estimate of drug-likeness (QED) is 0.119. The largest absolute Gasteiger partial charge is 0.478 e. The molecule has 0 aromatic heterocycles. The van der Waals surface area contributed by atoms with Crippen LogP contribution in [0.15, 0.2) is 76.7 Å². The Morgan fingerprint density at radius 2 is 1.80 bits per heavy atom. The first-order valence-corrected chi connectivity index (χ1v) is 14.7. The molecule has 0 saturated heterocycles. The fourth-order valence-electron chi connectivity index (χ4n) is 4.52. The van der Waals surface area contributed by atoms with Gasteiger partial charge in [0.2, 0.25) is 0 Å². The minimum Gasteiger partial charge on any atom is -0.478 e. The molecule has 41 heavy (non-hydrogen) atoms. The van der Waals surface area contributed by atoms with Crippen molar-refractivity contribution in [3.8, 4) is 0 Å². The van der Waals surface area contributed by atoms with E-state index in [2.05, 4.69) is 22.8 Å². The van der Waals surface area contributed by atoms with Crippen molar-refractivity contribution in [2.45, 2.75) is 50.3 Å². The van der Waals surface area contributed by atoms with Crippen LogP contribution in [0, 0.1) is 5.82 Å². The van der Waals surface area contributed by atoms with E-state index in [1.54, 1.807) is 34.9 Å². The average molecular weight is 577 g/mol. The zero-order valence-corrected chi connectivity index (χ0v) is 23.7. The van der Waals surface area contributed by atoms with Gasteiger partial charge >= 0.3 is 12.0 Å². The van der Waals surface area contributed by atoms with Crippen LogP contribution in [0.1, 0.15) is 60.5 Å². The van der Waals surface area contributed by atoms with Crippen LogP contribution in [0.4, 0.5) is 20.6 Å². The lowest BCUT2D eigenvalue weighted by Gasteiger charge is -2.16. The molecule has 0 saturated carbocycles. The fraction of sp³-hybridized carbons (Fsp3) is 0.290. The summed E-state index contributed by atoms with van der Waals surface area (Å²) in [6, 6.07) is 17.6. The summed E-state index contributed by atoms with van der Waals surface area (Å²) in [5, 5.41) is 15.7. The van der Waals surface area contributed by atoms with E-state index in [0.29, 0.717) is 12.1 Å². The highest BCUT2D eigenvalue weighted by Crippen LogP contribution is 2.34. The minimum absolute atomic E-state index is 0.158. The summed E-state index contributed by atoms with van der Waals surface area (Å²) in [5.74, 6) is -0.857. The van der Waals surface area contributed by atoms with Gasteiger partial charge in [-0.25, -0.2) is 19.4 Å². The van der Waals surface area contributed by atoms with Crippen LogP contribution in [-0.2, 0) is 11.2 Å². The molecule has 0 radical (unpaired) electrons. The molecule has 3 amide bonds. The number of aromatic carboxylic acids is 1. The van der Waals surface area contributed by atoms with E-state index in [4.69, 9.17) is 5.11 Å². The molecule has 214 valence electrons. The van der Waals surface area contributed by atoms with Gasteiger partial charge in [-0.1, -0.05) is 44.4 Å². The average Bonchev–Trinajstić information content (AvgIpc) is 3.22. The van der Waals surface area contributed by atoms with Crippen molar-refractivity contribution in [1.82, 2.24) is 5.43 Å². The Hall–Kier alpha value is -4.18. The van der Waals surface area contributed by atoms with Gasteiger partial charge in [0.25, 0.3) is 5.91 Å². The Bertz CT molecular complexity index is 1430. The number of carboxylic acids is 1. The maximum absolute atomic E-state index is 13.5. The normalized spacial score (nSPS) is 13.4. The number of hydrogen-bond donors (Lipinski definition) is 3. The van der Waals surface area contributed by atoms with Crippen molar-refractivity contribution in [3.63, 3.8) is 0 Å². The molecule has 4 rings (SSSR count). The molecule has 0 spiro atoms. The van der Waals surface area contributed by atoms with Gasteiger partial charge in [0.05, 0.1) is 11.3 Å². The first-order chi connectivity index (χ1) is 19.9. The molecule has 8 nitrogen and oxygen atoms in total. The third-order valence-electron chi connectivity index (χ3n) is 6.63. The number of aryl methyl sites for hydroxylation is 1. The maximum atomic E-state index is 13.5. The van der Waals surface area contributed by atoms with Gasteiger partial charge in [0.15, 0.2) is 5.71 Å². The van der Waals surface area contributed by atoms with E-state index in [1.807, 2.05) is 30.3 Å². The molecule has 3 aromatic rings. The number of halogens is 1. The van der Waals surface area contributed by atoms with E-state index in [0.717, 1.165) is 60.4 Å². The number of nitrogens with one attached hydrogen (secondary N) is 2. The Morgan fingerprint density at radius 1 is 1.00 bits per heavy atom. The monoisotopic (exact) mass is 576 g/mol. The van der Waals surface area contributed by atoms with Crippen LogP contribution in [0.5, 0.6) is 0 Å². The Balaban J connectivity index is 1.43. The number of thioether (sulfide) groups is 1. The number of carboxylic acid groups (broad SMARTS) is 1. The summed E-state index contributed by atoms with van der Waals surface area (Å²) in [5.41, 5.74) is 5.59. The van der Waals surface area contributed by atoms with E-state index in [9.17, 15) is 18.8 Å². The molecule has 1 aliphatic rings. The summed E-state index contributed by atoms with van der Waals surface area (Å²) in [6.07, 6.45) is 5.78. The van der Waals surface area contributed by atoms with Crippen LogP contribution >= 0.6 is 11.8 Å². The molecule has 0 atom stereocenters. The van der Waals surface area contributed by atoms with Crippen LogP contribution in [-0.4, -0.2) is 41.0 Å². The van der Waals surface area contributed by atoms with Crippen molar-refractivity contribution in [3.05, 3.63) is 89.2 Å². The lowest BCUT2D eigenvalue weighted by atomic mass is 10.1. The van der Waals surface area contributed by atoms with Gasteiger partial charge < -0.3 is 15.3 Å². The molecule has 10 heteroatoms. The summed E-state index contributed by atoms with van der Waals surface area (Å²) in [6.45, 7) is 2.70. The van der Waals surface area contributed by atoms with E-state index < -0.39 is 17.8 Å². The predicted molar refractivity (Wildman–Crippen MR) is 160 cm³/mol. The number of hydrazone groups is 1. The number of anilines is 2. The van der Waals surface area contributed by atoms with Gasteiger partial charge in [-0.2, -0.15) is 5.10 Å². The molecule has 0 fully saturated rings. The second kappa shape index (κ2) is 14.5. The molecule has 1 heterocycles. The molecular weight excluding hydrogens is 543 g/mol. The van der Waals surface area contributed by atoms with E-state index in [-0.39, 0.29) is 22.9 Å². The van der Waals surface area contributed by atoms with Crippen molar-refractivity contribution in [1.29, 1.82) is 0 Å². The number of urea groups is 1. The van der Waals surface area contributed by atoms with Gasteiger partial charge in [0, 0.05) is 22.7 Å². The second-order valence-corrected chi connectivity index (χ2v) is 10.9. The van der Waals surface area contributed by atoms with Crippen LogP contribution < -0.4 is 15.6 Å². The lowest BCUT2D eigenvalue weighted by Crippen LogP contribution is -2.33. The van der Waals surface area contributed by atoms with Crippen molar-refractivity contribution in [2.24, 2.45) is 5.10 Å². The van der Waals surface area contributed by atoms with Gasteiger partial charge in [0.1, 0.15) is 5.82 Å². The van der Waals surface area contributed by atoms with Gasteiger partial charge in [-0.15, -0.1) is 11.8 Å². The third kappa shape index (κ3) is 8.17. The number of rotatable bonds is 13. The zero-order valence-electron chi connectivity index (χ0n) is 22.9. The number of hydrogen-bond acceptors (Lipinski definition) is 5. The lowest BCUT2D eigenvalue weighted by molar-refractivity contribution is -0.112. The molecular formula is C31H33FN4O4S. The molecule has 0 unspecified atom stereocenters. The number of amides is 3. The smallest absolute Gasteiger partial charge is 0.339 e. The number of carbonyl (C=O) groups is 3. The minimum atomic E-state index is -0.938. The molecule has 0 bridgehead atoms. The van der Waals surface area contributed by atoms with Gasteiger partial charge in [-0.3, -0.25) is 4.79 Å². The number of benzene rings is 3. The summed E-state index contributed by atoms with van der Waals surface area (Å²) in [4.78, 5) is 39.5. The van der Waals surface area contributed by atoms with Crippen LogP contribution in [0.2, 0.25) is 0 Å². The molecule has 1 aliphatic heterocycles. The SMILES string of the molecule is CCCCCCN1C(=O)/C(=N\NC(=O)Nc2cccc(F)c2)c2cc(SCCCc3ccc(C(=O)O)cc3)ccc21. The Kier molecular flexibility index (Phi) is 10.5. The van der Waals surface area contributed by atoms with E-state index >= 15 is 0 Å². The second-order valence-electron chi connectivity index (χ2n) is 9.69.